The largest absolute Gasteiger partial charge is 0.453 e. The van der Waals surface area contributed by atoms with E-state index in [9.17, 15) is 20.1 Å². The van der Waals surface area contributed by atoms with E-state index in [2.05, 4.69) is 37.8 Å². The van der Waals surface area contributed by atoms with Crippen LogP contribution in [0.2, 0.25) is 5.02 Å². The number of nitrogens with one attached hydrogen (secondary N) is 2. The highest BCUT2D eigenvalue weighted by Crippen LogP contribution is 2.49. The van der Waals surface area contributed by atoms with Crippen LogP contribution in [0.4, 0.5) is 10.5 Å². The van der Waals surface area contributed by atoms with Crippen molar-refractivity contribution in [1.29, 1.82) is 5.26 Å². The molecule has 4 rings (SSSR count). The van der Waals surface area contributed by atoms with Gasteiger partial charge in [0.25, 0.3) is 0 Å². The Hall–Kier alpha value is -4.23. The SMILES string of the molecule is C=C1/C(=C(Cl)\C(=C/N=O)c2cc(Cl)ccc2C#N)CCC1(O)c1ncc(-c2ccc(NC(=O)OC)cc2)[nH]1. The number of nitrogens with zero attached hydrogens (tertiary/aromatic N) is 3. The summed E-state index contributed by atoms with van der Waals surface area (Å²) in [5, 5.41) is 27.0. The number of ether oxygens (including phenoxy) is 1. The summed E-state index contributed by atoms with van der Waals surface area (Å²) in [5.74, 6) is 0.272. The van der Waals surface area contributed by atoms with E-state index in [1.165, 1.54) is 19.2 Å². The summed E-state index contributed by atoms with van der Waals surface area (Å²) in [6.07, 6.45) is 2.58. The summed E-state index contributed by atoms with van der Waals surface area (Å²) in [7, 11) is 1.28. The van der Waals surface area contributed by atoms with E-state index in [-0.39, 0.29) is 28.4 Å². The van der Waals surface area contributed by atoms with Crippen molar-refractivity contribution in [2.45, 2.75) is 18.4 Å². The van der Waals surface area contributed by atoms with Gasteiger partial charge in [-0.1, -0.05) is 41.9 Å². The van der Waals surface area contributed by atoms with E-state index >= 15 is 0 Å². The number of allylic oxidation sites excluding steroid dienone is 2. The topological polar surface area (TPSA) is 140 Å². The number of aliphatic hydroxyl groups is 1. The van der Waals surface area contributed by atoms with Gasteiger partial charge in [-0.3, -0.25) is 5.32 Å². The average molecular weight is 550 g/mol. The molecule has 1 heterocycles. The summed E-state index contributed by atoms with van der Waals surface area (Å²) in [4.78, 5) is 30.1. The normalized spacial score (nSPS) is 18.6. The average Bonchev–Trinajstić information content (AvgIpc) is 3.53. The smallest absolute Gasteiger partial charge is 0.411 e. The molecule has 11 heteroatoms. The van der Waals surface area contributed by atoms with Crippen LogP contribution < -0.4 is 5.32 Å². The first-order chi connectivity index (χ1) is 18.2. The van der Waals surface area contributed by atoms with Gasteiger partial charge in [0.2, 0.25) is 0 Å². The van der Waals surface area contributed by atoms with Crippen molar-refractivity contribution < 1.29 is 14.6 Å². The molecule has 1 atom stereocenters. The first-order valence-corrected chi connectivity index (χ1v) is 12.0. The van der Waals surface area contributed by atoms with E-state index in [0.29, 0.717) is 39.5 Å². The molecule has 0 saturated heterocycles. The van der Waals surface area contributed by atoms with E-state index in [0.717, 1.165) is 11.8 Å². The summed E-state index contributed by atoms with van der Waals surface area (Å²) >= 11 is 12.9. The molecule has 2 aromatic carbocycles. The number of amides is 1. The molecule has 192 valence electrons. The Morgan fingerprint density at radius 2 is 2.08 bits per heavy atom. The van der Waals surface area contributed by atoms with Crippen LogP contribution in [0.1, 0.15) is 29.8 Å². The van der Waals surface area contributed by atoms with Gasteiger partial charge in [0, 0.05) is 21.8 Å². The van der Waals surface area contributed by atoms with Gasteiger partial charge in [0.15, 0.2) is 0 Å². The van der Waals surface area contributed by atoms with Crippen molar-refractivity contribution in [2.24, 2.45) is 5.18 Å². The van der Waals surface area contributed by atoms with Crippen LogP contribution in [-0.2, 0) is 10.3 Å². The van der Waals surface area contributed by atoms with Crippen LogP contribution in [0.15, 0.2) is 82.8 Å². The molecule has 3 N–H and O–H groups in total. The third-order valence-electron chi connectivity index (χ3n) is 6.27. The third-order valence-corrected chi connectivity index (χ3v) is 6.94. The van der Waals surface area contributed by atoms with Crippen LogP contribution in [0.25, 0.3) is 16.8 Å². The Kier molecular flexibility index (Phi) is 7.78. The van der Waals surface area contributed by atoms with Gasteiger partial charge in [0.1, 0.15) is 11.4 Å². The zero-order valence-corrected chi connectivity index (χ0v) is 21.6. The summed E-state index contributed by atoms with van der Waals surface area (Å²) in [5.41, 5.74) is 2.01. The number of methoxy groups -OCH3 is 1. The van der Waals surface area contributed by atoms with Crippen molar-refractivity contribution in [1.82, 2.24) is 9.97 Å². The van der Waals surface area contributed by atoms with Crippen LogP contribution in [0, 0.1) is 16.2 Å². The maximum atomic E-state index is 11.6. The number of anilines is 1. The summed E-state index contributed by atoms with van der Waals surface area (Å²) < 4.78 is 4.59. The van der Waals surface area contributed by atoms with Crippen molar-refractivity contribution in [3.8, 4) is 17.3 Å². The molecular formula is C27H21Cl2N5O4. The van der Waals surface area contributed by atoms with Crippen LogP contribution in [0.3, 0.4) is 0 Å². The molecule has 1 aromatic heterocycles. The highest BCUT2D eigenvalue weighted by Gasteiger charge is 2.43. The number of nitriles is 1. The molecular weight excluding hydrogens is 529 g/mol. The number of benzene rings is 2. The molecule has 0 radical (unpaired) electrons. The zero-order chi connectivity index (χ0) is 27.4. The number of carbonyl (C=O) groups is 1. The number of imidazole rings is 1. The van der Waals surface area contributed by atoms with E-state index in [1.54, 1.807) is 36.5 Å². The molecule has 1 amide bonds. The van der Waals surface area contributed by atoms with Crippen molar-refractivity contribution in [2.75, 3.05) is 12.4 Å². The minimum absolute atomic E-state index is 0.129. The molecule has 1 unspecified atom stereocenters. The third kappa shape index (κ3) is 5.10. The van der Waals surface area contributed by atoms with Crippen LogP contribution in [-0.4, -0.2) is 28.3 Å². The van der Waals surface area contributed by atoms with E-state index in [1.807, 2.05) is 0 Å². The fourth-order valence-electron chi connectivity index (χ4n) is 4.24. The molecule has 0 spiro atoms. The molecule has 1 aliphatic carbocycles. The lowest BCUT2D eigenvalue weighted by atomic mass is 9.93. The minimum atomic E-state index is -1.55. The second kappa shape index (κ2) is 11.0. The second-order valence-corrected chi connectivity index (χ2v) is 9.24. The monoisotopic (exact) mass is 549 g/mol. The number of hydrogen-bond acceptors (Lipinski definition) is 7. The quantitative estimate of drug-likeness (QED) is 0.295. The molecule has 38 heavy (non-hydrogen) atoms. The number of H-pyrrole nitrogens is 1. The molecule has 1 saturated carbocycles. The van der Waals surface area contributed by atoms with Crippen molar-refractivity contribution >= 4 is 40.6 Å². The maximum absolute atomic E-state index is 11.6. The number of aromatic amines is 1. The highest BCUT2D eigenvalue weighted by atomic mass is 35.5. The van der Waals surface area contributed by atoms with Gasteiger partial charge in [-0.2, -0.15) is 5.26 Å². The van der Waals surface area contributed by atoms with Crippen LogP contribution >= 0.6 is 23.2 Å². The van der Waals surface area contributed by atoms with Gasteiger partial charge in [-0.25, -0.2) is 9.78 Å². The van der Waals surface area contributed by atoms with Gasteiger partial charge in [-0.15, -0.1) is 4.91 Å². The standard InChI is InChI=1S/C27H21Cl2N5O4/c1-15-20(24(29)22(13-32-37)21-11-18(28)6-3-17(21)12-30)9-10-27(15,36)25-31-14-23(34-25)16-4-7-19(8-5-16)33-26(35)38-2/h3-8,11,13-14,36H,1,9-10H2,2H3,(H,31,34)(H,33,35)/b22-13-,24-20+. The second-order valence-electron chi connectivity index (χ2n) is 8.42. The number of carbonyl (C=O) groups excluding carboxylic acids is 1. The number of halogens is 2. The predicted molar refractivity (Wildman–Crippen MR) is 145 cm³/mol. The number of nitroso groups, excluding NO2 is 1. The Bertz CT molecular complexity index is 1540. The molecule has 1 aliphatic rings. The molecule has 3 aromatic rings. The predicted octanol–water partition coefficient (Wildman–Crippen LogP) is 6.62. The van der Waals surface area contributed by atoms with Gasteiger partial charge >= 0.3 is 6.09 Å². The Labute approximate surface area is 228 Å². The van der Waals surface area contributed by atoms with E-state index < -0.39 is 11.7 Å². The highest BCUT2D eigenvalue weighted by molar-refractivity contribution is 6.38. The Morgan fingerprint density at radius 1 is 1.34 bits per heavy atom. The van der Waals surface area contributed by atoms with Crippen molar-refractivity contribution in [3.05, 3.63) is 104 Å². The van der Waals surface area contributed by atoms with Crippen molar-refractivity contribution in [3.63, 3.8) is 0 Å². The number of hydrogen-bond donors (Lipinski definition) is 3. The Balaban J connectivity index is 1.65. The lowest BCUT2D eigenvalue weighted by Crippen LogP contribution is -2.25. The van der Waals surface area contributed by atoms with Gasteiger partial charge < -0.3 is 14.8 Å². The molecule has 1 fully saturated rings. The first kappa shape index (κ1) is 26.8. The van der Waals surface area contributed by atoms with E-state index in [4.69, 9.17) is 23.2 Å². The lowest BCUT2D eigenvalue weighted by Gasteiger charge is -2.22. The number of rotatable bonds is 6. The zero-order valence-electron chi connectivity index (χ0n) is 20.1. The maximum Gasteiger partial charge on any atom is 0.411 e. The van der Waals surface area contributed by atoms with Gasteiger partial charge in [0.05, 0.1) is 41.9 Å². The lowest BCUT2D eigenvalue weighted by molar-refractivity contribution is 0.0756. The fourth-order valence-corrected chi connectivity index (χ4v) is 4.77. The summed E-state index contributed by atoms with van der Waals surface area (Å²) in [6, 6.07) is 13.6. The Morgan fingerprint density at radius 3 is 2.74 bits per heavy atom. The van der Waals surface area contributed by atoms with Gasteiger partial charge in [-0.05, 0) is 65.1 Å². The fraction of sp³-hybridized carbons (Fsp3) is 0.148. The summed E-state index contributed by atoms with van der Waals surface area (Å²) in [6.45, 7) is 4.08. The minimum Gasteiger partial charge on any atom is -0.453 e. The number of aromatic nitrogens is 2. The molecule has 0 bridgehead atoms. The molecule has 0 aliphatic heterocycles. The first-order valence-electron chi connectivity index (χ1n) is 11.3. The molecule has 9 nitrogen and oxygen atoms in total. The van der Waals surface area contributed by atoms with Crippen LogP contribution in [0.5, 0.6) is 0 Å².